The van der Waals surface area contributed by atoms with Crippen molar-refractivity contribution >= 4 is 34.0 Å². The number of carbonyl (C=O) groups excluding carboxylic acids is 2. The highest BCUT2D eigenvalue weighted by atomic mass is 16.3. The van der Waals surface area contributed by atoms with Gasteiger partial charge >= 0.3 is 0 Å². The van der Waals surface area contributed by atoms with E-state index in [1.807, 2.05) is 49.4 Å². The number of fused-ring (bicyclic) bond motifs is 1. The molecule has 0 saturated heterocycles. The van der Waals surface area contributed by atoms with Gasteiger partial charge in [0.2, 0.25) is 0 Å². The molecular weight excluding hydrogens is 376 g/mol. The van der Waals surface area contributed by atoms with Gasteiger partial charge in [-0.25, -0.2) is 0 Å². The van der Waals surface area contributed by atoms with Crippen molar-refractivity contribution < 1.29 is 14.7 Å². The Morgan fingerprint density at radius 3 is 2.13 bits per heavy atom. The molecule has 0 radical (unpaired) electrons. The number of nitrogens with one attached hydrogen (secondary N) is 2. The van der Waals surface area contributed by atoms with Crippen LogP contribution in [-0.4, -0.2) is 16.9 Å². The lowest BCUT2D eigenvalue weighted by Crippen LogP contribution is -2.15. The third-order valence-electron chi connectivity index (χ3n) is 4.89. The third kappa shape index (κ3) is 4.00. The summed E-state index contributed by atoms with van der Waals surface area (Å²) < 4.78 is 0. The lowest BCUT2D eigenvalue weighted by atomic mass is 10.0. The lowest BCUT2D eigenvalue weighted by Gasteiger charge is -2.12. The van der Waals surface area contributed by atoms with Crippen LogP contribution in [-0.2, 0) is 0 Å². The summed E-state index contributed by atoms with van der Waals surface area (Å²) >= 11 is 0. The summed E-state index contributed by atoms with van der Waals surface area (Å²) in [5.41, 5.74) is 2.60. The molecule has 2 amide bonds. The van der Waals surface area contributed by atoms with Crippen LogP contribution in [0.15, 0.2) is 84.9 Å². The number of hydrogen-bond donors (Lipinski definition) is 3. The Kier molecular flexibility index (Phi) is 5.18. The maximum atomic E-state index is 12.8. The largest absolute Gasteiger partial charge is 0.507 e. The molecule has 0 atom stereocenters. The van der Waals surface area contributed by atoms with Crippen molar-refractivity contribution in [3.8, 4) is 5.75 Å². The minimum Gasteiger partial charge on any atom is -0.507 e. The predicted octanol–water partition coefficient (Wildman–Crippen LogP) is 5.36. The maximum Gasteiger partial charge on any atom is 0.259 e. The molecule has 0 unspecified atom stereocenters. The zero-order valence-corrected chi connectivity index (χ0v) is 16.3. The van der Waals surface area contributed by atoms with Crippen molar-refractivity contribution in [2.75, 3.05) is 10.6 Å². The minimum atomic E-state index is -0.443. The smallest absolute Gasteiger partial charge is 0.259 e. The van der Waals surface area contributed by atoms with Crippen molar-refractivity contribution in [1.29, 1.82) is 0 Å². The molecule has 3 N–H and O–H groups in total. The molecule has 4 aromatic carbocycles. The zero-order valence-electron chi connectivity index (χ0n) is 16.3. The van der Waals surface area contributed by atoms with E-state index in [2.05, 4.69) is 10.6 Å². The standard InChI is InChI=1S/C25H20N2O3/c1-16-11-12-19(24(29)26-20-9-3-2-4-10-20)14-22(16)27-25(30)21-13-17-7-5-6-8-18(17)15-23(21)28/h2-15,28H,1H3,(H,26,29)(H,27,30). The fourth-order valence-corrected chi connectivity index (χ4v) is 3.22. The monoisotopic (exact) mass is 396 g/mol. The number of amides is 2. The lowest BCUT2D eigenvalue weighted by molar-refractivity contribution is 0.101. The highest BCUT2D eigenvalue weighted by Gasteiger charge is 2.15. The molecule has 4 rings (SSSR count). The maximum absolute atomic E-state index is 12.8. The van der Waals surface area contributed by atoms with E-state index in [0.29, 0.717) is 16.9 Å². The van der Waals surface area contributed by atoms with Crippen molar-refractivity contribution in [3.63, 3.8) is 0 Å². The van der Waals surface area contributed by atoms with Crippen molar-refractivity contribution in [1.82, 2.24) is 0 Å². The van der Waals surface area contributed by atoms with Gasteiger partial charge in [-0.15, -0.1) is 0 Å². The molecule has 0 aliphatic rings. The second-order valence-electron chi connectivity index (χ2n) is 7.02. The fourth-order valence-electron chi connectivity index (χ4n) is 3.22. The van der Waals surface area contributed by atoms with Gasteiger partial charge in [-0.2, -0.15) is 0 Å². The zero-order chi connectivity index (χ0) is 21.1. The SMILES string of the molecule is Cc1ccc(C(=O)Nc2ccccc2)cc1NC(=O)c1cc2ccccc2cc1O. The second-order valence-corrected chi connectivity index (χ2v) is 7.02. The summed E-state index contributed by atoms with van der Waals surface area (Å²) in [6.07, 6.45) is 0. The van der Waals surface area contributed by atoms with Crippen LogP contribution in [0.1, 0.15) is 26.3 Å². The van der Waals surface area contributed by atoms with E-state index in [1.54, 1.807) is 42.5 Å². The molecule has 0 aliphatic carbocycles. The van der Waals surface area contributed by atoms with Gasteiger partial charge in [-0.1, -0.05) is 48.5 Å². The molecule has 0 spiro atoms. The average molecular weight is 396 g/mol. The number of benzene rings is 4. The molecule has 0 aliphatic heterocycles. The van der Waals surface area contributed by atoms with E-state index in [4.69, 9.17) is 0 Å². The van der Waals surface area contributed by atoms with Crippen LogP contribution >= 0.6 is 0 Å². The normalized spacial score (nSPS) is 10.6. The second kappa shape index (κ2) is 8.09. The number of phenols is 1. The van der Waals surface area contributed by atoms with Crippen LogP contribution in [0, 0.1) is 6.92 Å². The number of aryl methyl sites for hydroxylation is 1. The molecular formula is C25H20N2O3. The summed E-state index contributed by atoms with van der Waals surface area (Å²) in [6, 6.07) is 25.0. The van der Waals surface area contributed by atoms with Crippen LogP contribution < -0.4 is 10.6 Å². The van der Waals surface area contributed by atoms with Crippen molar-refractivity contribution in [2.45, 2.75) is 6.92 Å². The molecule has 0 fully saturated rings. The van der Waals surface area contributed by atoms with Crippen LogP contribution in [0.25, 0.3) is 10.8 Å². The van der Waals surface area contributed by atoms with Crippen molar-refractivity contribution in [3.05, 3.63) is 102 Å². The van der Waals surface area contributed by atoms with Gasteiger partial charge in [0.05, 0.1) is 5.56 Å². The number of para-hydroxylation sites is 1. The van der Waals surface area contributed by atoms with E-state index in [0.717, 1.165) is 16.3 Å². The van der Waals surface area contributed by atoms with Gasteiger partial charge in [0, 0.05) is 16.9 Å². The first-order valence-corrected chi connectivity index (χ1v) is 9.51. The van der Waals surface area contributed by atoms with Crippen LogP contribution in [0.4, 0.5) is 11.4 Å². The van der Waals surface area contributed by atoms with Gasteiger partial charge in [-0.3, -0.25) is 9.59 Å². The molecule has 0 heterocycles. The number of hydrogen-bond acceptors (Lipinski definition) is 3. The Labute approximate surface area is 174 Å². The molecule has 0 aromatic heterocycles. The fraction of sp³-hybridized carbons (Fsp3) is 0.0400. The Bertz CT molecular complexity index is 1250. The van der Waals surface area contributed by atoms with Crippen molar-refractivity contribution in [2.24, 2.45) is 0 Å². The number of carbonyl (C=O) groups is 2. The highest BCUT2D eigenvalue weighted by molar-refractivity contribution is 6.10. The first-order valence-electron chi connectivity index (χ1n) is 9.51. The molecule has 5 heteroatoms. The van der Waals surface area contributed by atoms with Gasteiger partial charge in [0.1, 0.15) is 5.75 Å². The number of aromatic hydroxyl groups is 1. The van der Waals surface area contributed by atoms with E-state index in [-0.39, 0.29) is 17.2 Å². The molecule has 5 nitrogen and oxygen atoms in total. The quantitative estimate of drug-likeness (QED) is 0.435. The molecule has 4 aromatic rings. The summed E-state index contributed by atoms with van der Waals surface area (Å²) in [5, 5.41) is 17.7. The highest BCUT2D eigenvalue weighted by Crippen LogP contribution is 2.27. The molecule has 30 heavy (non-hydrogen) atoms. The average Bonchev–Trinajstić information content (AvgIpc) is 2.75. The number of rotatable bonds is 4. The number of anilines is 2. The summed E-state index contributed by atoms with van der Waals surface area (Å²) in [4.78, 5) is 25.4. The molecule has 0 bridgehead atoms. The van der Waals surface area contributed by atoms with Gasteiger partial charge in [0.25, 0.3) is 11.8 Å². The number of phenolic OH excluding ortho intramolecular Hbond substituents is 1. The van der Waals surface area contributed by atoms with E-state index >= 15 is 0 Å². The van der Waals surface area contributed by atoms with Gasteiger partial charge in [0.15, 0.2) is 0 Å². The first kappa shape index (κ1) is 19.2. The van der Waals surface area contributed by atoms with Gasteiger partial charge < -0.3 is 15.7 Å². The Balaban J connectivity index is 1.58. The summed E-state index contributed by atoms with van der Waals surface area (Å²) in [5.74, 6) is -0.811. The van der Waals surface area contributed by atoms with E-state index in [1.165, 1.54) is 0 Å². The van der Waals surface area contributed by atoms with Crippen LogP contribution in [0.5, 0.6) is 5.75 Å². The summed E-state index contributed by atoms with van der Waals surface area (Å²) in [7, 11) is 0. The van der Waals surface area contributed by atoms with Crippen LogP contribution in [0.3, 0.4) is 0 Å². The summed E-state index contributed by atoms with van der Waals surface area (Å²) in [6.45, 7) is 1.84. The first-order chi connectivity index (χ1) is 14.5. The van der Waals surface area contributed by atoms with E-state index < -0.39 is 5.91 Å². The topological polar surface area (TPSA) is 78.4 Å². The Hall–Kier alpha value is -4.12. The predicted molar refractivity (Wildman–Crippen MR) is 119 cm³/mol. The Morgan fingerprint density at radius 1 is 0.733 bits per heavy atom. The molecule has 148 valence electrons. The minimum absolute atomic E-state index is 0.0955. The van der Waals surface area contributed by atoms with E-state index in [9.17, 15) is 14.7 Å². The van der Waals surface area contributed by atoms with Crippen LogP contribution in [0.2, 0.25) is 0 Å². The third-order valence-corrected chi connectivity index (χ3v) is 4.89. The Morgan fingerprint density at radius 2 is 1.40 bits per heavy atom. The molecule has 0 saturated carbocycles. The van der Waals surface area contributed by atoms with Gasteiger partial charge in [-0.05, 0) is 59.7 Å².